The van der Waals surface area contributed by atoms with Crippen molar-refractivity contribution >= 4 is 0 Å². The summed E-state index contributed by atoms with van der Waals surface area (Å²) in [6, 6.07) is 0. The molecule has 0 aromatic rings. The molecule has 0 atom stereocenters. The van der Waals surface area contributed by atoms with Gasteiger partial charge in [0.05, 0.1) is 13.2 Å². The van der Waals surface area contributed by atoms with E-state index >= 15 is 0 Å². The predicted octanol–water partition coefficient (Wildman–Crippen LogP) is 1.45. The highest BCUT2D eigenvalue weighted by molar-refractivity contribution is 5.10. The minimum absolute atomic E-state index is 1.19. The molecule has 0 spiro atoms. The van der Waals surface area contributed by atoms with Crippen LogP contribution in [0.3, 0.4) is 0 Å². The largest absolute Gasteiger partial charge is 0.395 e. The number of hydrogen-bond acceptors (Lipinski definition) is 14. The van der Waals surface area contributed by atoms with Crippen LogP contribution in [0.25, 0.3) is 0 Å². The van der Waals surface area contributed by atoms with E-state index in [0.717, 1.165) is 0 Å². The molecule has 0 aromatic carbocycles. The van der Waals surface area contributed by atoms with Crippen molar-refractivity contribution in [2.24, 2.45) is 36.1 Å². The zero-order valence-electron chi connectivity index (χ0n) is 9.49. The zero-order chi connectivity index (χ0) is 15.2. The fourth-order valence-electron chi connectivity index (χ4n) is 1.49. The molecule has 14 heteroatoms. The Morgan fingerprint density at radius 1 is 0.579 bits per heavy atom. The lowest BCUT2D eigenvalue weighted by molar-refractivity contribution is -0.0801. The molecule has 0 saturated carbocycles. The number of aliphatic hydroxyl groups is 2. The summed E-state index contributed by atoms with van der Waals surface area (Å²) in [5.41, 5.74) is 39.1. The molecule has 104 valence electrons. The van der Waals surface area contributed by atoms with Gasteiger partial charge in [-0.15, -0.1) is 30.7 Å². The van der Waals surface area contributed by atoms with Gasteiger partial charge in [0.25, 0.3) is 0 Å². The van der Waals surface area contributed by atoms with Gasteiger partial charge in [-0.3, -0.25) is 0 Å². The number of aliphatic hydroxyl groups excluding tert-OH is 2. The van der Waals surface area contributed by atoms with Crippen LogP contribution in [-0.2, 0) is 0 Å². The Labute approximate surface area is 105 Å². The standard InChI is InChI=1S/C5H12N12O2/c6-12-4(13-7,14-8)3(1-18,2-19)5(15-9,16-10)17-11/h6-11,18-19H,1-2H2. The van der Waals surface area contributed by atoms with Gasteiger partial charge in [-0.1, -0.05) is 0 Å². The molecule has 0 saturated heterocycles. The number of nitrogens with one attached hydrogen (secondary N) is 6. The summed E-state index contributed by atoms with van der Waals surface area (Å²) in [6.45, 7) is -2.38. The Kier molecular flexibility index (Phi) is 5.14. The summed E-state index contributed by atoms with van der Waals surface area (Å²) in [5, 5.41) is 35.5. The lowest BCUT2D eigenvalue weighted by Crippen LogP contribution is -2.61. The van der Waals surface area contributed by atoms with E-state index < -0.39 is 30.2 Å². The Morgan fingerprint density at radius 3 is 0.895 bits per heavy atom. The summed E-state index contributed by atoms with van der Waals surface area (Å²) in [4.78, 5) is 0. The molecule has 0 aliphatic rings. The van der Waals surface area contributed by atoms with Crippen LogP contribution < -0.4 is 0 Å². The average molecular weight is 272 g/mol. The maximum absolute atomic E-state index is 9.41. The quantitative estimate of drug-likeness (QED) is 0.274. The Bertz CT molecular complexity index is 323. The Hall–Kier alpha value is -2.48. The van der Waals surface area contributed by atoms with Crippen LogP contribution in [0, 0.1) is 38.6 Å². The molecule has 8 N–H and O–H groups in total. The molecule has 0 bridgehead atoms. The summed E-state index contributed by atoms with van der Waals surface area (Å²) in [5.74, 6) is -5.48. The monoisotopic (exact) mass is 272 g/mol. The van der Waals surface area contributed by atoms with E-state index in [2.05, 4.69) is 30.7 Å². The second kappa shape index (κ2) is 5.91. The first-order chi connectivity index (χ1) is 8.99. The van der Waals surface area contributed by atoms with Crippen molar-refractivity contribution in [2.45, 2.75) is 11.6 Å². The van der Waals surface area contributed by atoms with E-state index in [9.17, 15) is 10.2 Å². The first kappa shape index (κ1) is 16.5. The van der Waals surface area contributed by atoms with E-state index in [0.29, 0.717) is 0 Å². The van der Waals surface area contributed by atoms with Gasteiger partial charge in [-0.2, -0.15) is 0 Å². The third-order valence-corrected chi connectivity index (χ3v) is 2.76. The van der Waals surface area contributed by atoms with Crippen molar-refractivity contribution in [3.63, 3.8) is 0 Å². The van der Waals surface area contributed by atoms with Crippen molar-refractivity contribution in [3.8, 4) is 0 Å². The topological polar surface area (TPSA) is 258 Å². The zero-order valence-corrected chi connectivity index (χ0v) is 9.49. The fraction of sp³-hybridized carbons (Fsp3) is 1.00. The number of nitrogens with zero attached hydrogens (tertiary/aromatic N) is 6. The van der Waals surface area contributed by atoms with Crippen molar-refractivity contribution in [2.75, 3.05) is 13.2 Å². The van der Waals surface area contributed by atoms with E-state index in [-0.39, 0.29) is 0 Å². The van der Waals surface area contributed by atoms with Crippen LogP contribution in [-0.4, -0.2) is 35.0 Å². The van der Waals surface area contributed by atoms with Gasteiger partial charge in [-0.25, -0.2) is 33.2 Å². The van der Waals surface area contributed by atoms with Crippen molar-refractivity contribution in [3.05, 3.63) is 0 Å². The van der Waals surface area contributed by atoms with E-state index in [1.54, 1.807) is 0 Å². The summed E-state index contributed by atoms with van der Waals surface area (Å²) < 4.78 is 0. The second-order valence-corrected chi connectivity index (χ2v) is 3.34. The third-order valence-electron chi connectivity index (χ3n) is 2.76. The Balaban J connectivity index is 6.57. The van der Waals surface area contributed by atoms with Crippen molar-refractivity contribution in [1.29, 1.82) is 33.2 Å². The lowest BCUT2D eigenvalue weighted by atomic mass is 9.75. The van der Waals surface area contributed by atoms with Crippen LogP contribution in [0.4, 0.5) is 0 Å². The SMILES string of the molecule is N=NC(N=N)(N=N)C(CO)(CO)C(N=N)(N=N)N=N. The third kappa shape index (κ3) is 1.82. The highest BCUT2D eigenvalue weighted by Crippen LogP contribution is 2.48. The minimum Gasteiger partial charge on any atom is -0.395 e. The van der Waals surface area contributed by atoms with Crippen LogP contribution >= 0.6 is 0 Å². The number of rotatable bonds is 10. The van der Waals surface area contributed by atoms with Gasteiger partial charge in [0.15, 0.2) is 5.41 Å². The smallest absolute Gasteiger partial charge is 0.314 e. The van der Waals surface area contributed by atoms with Crippen LogP contribution in [0.2, 0.25) is 0 Å². The molecule has 0 amide bonds. The van der Waals surface area contributed by atoms with E-state index in [1.807, 2.05) is 0 Å². The summed E-state index contributed by atoms with van der Waals surface area (Å²) in [7, 11) is 0. The van der Waals surface area contributed by atoms with Gasteiger partial charge in [0.2, 0.25) is 0 Å². The van der Waals surface area contributed by atoms with Crippen LogP contribution in [0.1, 0.15) is 0 Å². The molecule has 0 heterocycles. The highest BCUT2D eigenvalue weighted by Gasteiger charge is 2.68. The van der Waals surface area contributed by atoms with Crippen LogP contribution in [0.15, 0.2) is 30.7 Å². The molecule has 14 nitrogen and oxygen atoms in total. The summed E-state index contributed by atoms with van der Waals surface area (Å²) >= 11 is 0. The molecule has 19 heavy (non-hydrogen) atoms. The summed E-state index contributed by atoms with van der Waals surface area (Å²) in [6.07, 6.45) is 0. The molecule has 0 radical (unpaired) electrons. The number of hydrogen-bond donors (Lipinski definition) is 8. The van der Waals surface area contributed by atoms with Gasteiger partial charge >= 0.3 is 11.6 Å². The van der Waals surface area contributed by atoms with Crippen molar-refractivity contribution < 1.29 is 10.2 Å². The van der Waals surface area contributed by atoms with Crippen molar-refractivity contribution in [1.82, 2.24) is 0 Å². The van der Waals surface area contributed by atoms with Gasteiger partial charge in [0.1, 0.15) is 0 Å². The second-order valence-electron chi connectivity index (χ2n) is 3.34. The maximum atomic E-state index is 9.41. The molecule has 0 aliphatic carbocycles. The molecule has 0 rings (SSSR count). The highest BCUT2D eigenvalue weighted by atomic mass is 16.3. The molecular formula is C5H12N12O2. The molecule has 0 aromatic heterocycles. The molecular weight excluding hydrogens is 260 g/mol. The van der Waals surface area contributed by atoms with Crippen LogP contribution in [0.5, 0.6) is 0 Å². The fourth-order valence-corrected chi connectivity index (χ4v) is 1.49. The van der Waals surface area contributed by atoms with Gasteiger partial charge in [-0.05, 0) is 0 Å². The lowest BCUT2D eigenvalue weighted by Gasteiger charge is -2.42. The van der Waals surface area contributed by atoms with E-state index in [1.165, 1.54) is 0 Å². The first-order valence-electron chi connectivity index (χ1n) is 4.52. The predicted molar refractivity (Wildman–Crippen MR) is 53.0 cm³/mol. The normalized spacial score (nSPS) is 17.4. The average Bonchev–Trinajstić information content (AvgIpc) is 2.49. The molecule has 0 unspecified atom stereocenters. The maximum Gasteiger partial charge on any atom is 0.314 e. The van der Waals surface area contributed by atoms with Gasteiger partial charge < -0.3 is 10.2 Å². The minimum atomic E-state index is -2.74. The molecule has 0 fully saturated rings. The first-order valence-corrected chi connectivity index (χ1v) is 4.52. The Morgan fingerprint density at radius 2 is 0.789 bits per heavy atom. The molecule has 0 aliphatic heterocycles. The van der Waals surface area contributed by atoms with E-state index in [4.69, 9.17) is 33.2 Å². The van der Waals surface area contributed by atoms with Gasteiger partial charge in [0, 0.05) is 0 Å².